The fraction of sp³-hybridized carbons (Fsp3) is 0.391. The summed E-state index contributed by atoms with van der Waals surface area (Å²) in [5, 5.41) is 5.25. The highest BCUT2D eigenvalue weighted by Crippen LogP contribution is 2.17. The molecule has 2 aromatic rings. The first-order chi connectivity index (χ1) is 17.4. The standard InChI is InChI=1S/C23H29BN4O7S2/c1-23(2,3)35-22(31)17(28-37(32,33)16-8-5-4-6-9-16)14-27-21(30)19-11-10-18(36-19)20(29)26-13-7-12-25-15-34-24/h4-6,8-11,15,17,28H,7,12-14H2,1-3H3,(H,26,29)(H,27,30). The van der Waals surface area contributed by atoms with Gasteiger partial charge in [0.05, 0.1) is 14.6 Å². The Morgan fingerprint density at radius 3 is 2.27 bits per heavy atom. The SMILES string of the molecule is [B]OC=NCCCNC(=O)c1ccc(C(=O)NCC(NS(=O)(=O)c2ccccc2)C(=O)OC(C)(C)C)s1. The molecule has 1 unspecified atom stereocenters. The molecule has 1 atom stereocenters. The molecule has 0 fully saturated rings. The van der Waals surface area contributed by atoms with Crippen LogP contribution in [0.2, 0.25) is 0 Å². The van der Waals surface area contributed by atoms with Gasteiger partial charge >= 0.3 is 14.0 Å². The molecule has 0 bridgehead atoms. The van der Waals surface area contributed by atoms with Gasteiger partial charge in [-0.3, -0.25) is 19.4 Å². The molecular weight excluding hydrogens is 519 g/mol. The van der Waals surface area contributed by atoms with Crippen molar-refractivity contribution in [3.05, 3.63) is 52.2 Å². The maximum atomic E-state index is 12.8. The summed E-state index contributed by atoms with van der Waals surface area (Å²) in [5.74, 6) is -1.78. The van der Waals surface area contributed by atoms with E-state index < -0.39 is 33.5 Å². The highest BCUT2D eigenvalue weighted by Gasteiger charge is 2.30. The molecule has 1 heterocycles. The topological polar surface area (TPSA) is 152 Å². The first-order valence-electron chi connectivity index (χ1n) is 11.2. The van der Waals surface area contributed by atoms with E-state index >= 15 is 0 Å². The van der Waals surface area contributed by atoms with Gasteiger partial charge in [-0.15, -0.1) is 11.3 Å². The van der Waals surface area contributed by atoms with Crippen molar-refractivity contribution in [1.82, 2.24) is 15.4 Å². The van der Waals surface area contributed by atoms with Crippen LogP contribution in [0.25, 0.3) is 0 Å². The van der Waals surface area contributed by atoms with Gasteiger partial charge in [-0.25, -0.2) is 8.42 Å². The summed E-state index contributed by atoms with van der Waals surface area (Å²) < 4.78 is 37.4. The summed E-state index contributed by atoms with van der Waals surface area (Å²) in [7, 11) is 0.748. The van der Waals surface area contributed by atoms with Gasteiger partial charge in [0, 0.05) is 19.6 Å². The van der Waals surface area contributed by atoms with E-state index in [0.717, 1.165) is 17.7 Å². The van der Waals surface area contributed by atoms with Crippen molar-refractivity contribution < 1.29 is 32.2 Å². The lowest BCUT2D eigenvalue weighted by Crippen LogP contribution is -2.50. The Hall–Kier alpha value is -3.23. The second-order valence-electron chi connectivity index (χ2n) is 8.65. The molecule has 0 aliphatic carbocycles. The van der Waals surface area contributed by atoms with Gasteiger partial charge in [0.15, 0.2) is 0 Å². The molecule has 14 heteroatoms. The molecule has 2 rings (SSSR count). The molecule has 1 aromatic carbocycles. The molecule has 0 spiro atoms. The maximum Gasteiger partial charge on any atom is 0.375 e. The van der Waals surface area contributed by atoms with E-state index in [-0.39, 0.29) is 22.2 Å². The number of rotatable bonds is 13. The van der Waals surface area contributed by atoms with Crippen molar-refractivity contribution in [2.45, 2.75) is 43.7 Å². The quantitative estimate of drug-likeness (QED) is 0.113. The van der Waals surface area contributed by atoms with Crippen molar-refractivity contribution in [1.29, 1.82) is 0 Å². The first-order valence-corrected chi connectivity index (χ1v) is 13.5. The van der Waals surface area contributed by atoms with E-state index in [1.165, 1.54) is 24.3 Å². The van der Waals surface area contributed by atoms with Crippen molar-refractivity contribution in [2.75, 3.05) is 19.6 Å². The number of benzene rings is 1. The van der Waals surface area contributed by atoms with Gasteiger partial charge < -0.3 is 20.0 Å². The first kappa shape index (κ1) is 30.0. The molecule has 0 aliphatic rings. The van der Waals surface area contributed by atoms with Crippen LogP contribution in [-0.2, 0) is 24.2 Å². The zero-order chi connectivity index (χ0) is 27.5. The average Bonchev–Trinajstić information content (AvgIpc) is 3.33. The number of sulfonamides is 1. The predicted octanol–water partition coefficient (Wildman–Crippen LogP) is 1.42. The molecular formula is C23H29BN4O7S2. The number of nitrogens with one attached hydrogen (secondary N) is 3. The van der Waals surface area contributed by atoms with Crippen LogP contribution in [0.15, 0.2) is 52.4 Å². The van der Waals surface area contributed by atoms with E-state index in [0.29, 0.717) is 24.4 Å². The van der Waals surface area contributed by atoms with Crippen LogP contribution in [0.1, 0.15) is 46.5 Å². The summed E-state index contributed by atoms with van der Waals surface area (Å²) in [6, 6.07) is 9.10. The molecule has 37 heavy (non-hydrogen) atoms. The number of carbonyl (C=O) groups excluding carboxylic acids is 3. The Kier molecular flexibility index (Phi) is 11.3. The zero-order valence-electron chi connectivity index (χ0n) is 20.7. The van der Waals surface area contributed by atoms with Crippen molar-refractivity contribution in [3.8, 4) is 0 Å². The second-order valence-corrected chi connectivity index (χ2v) is 11.4. The monoisotopic (exact) mass is 548 g/mol. The number of carbonyl (C=O) groups is 3. The molecule has 2 radical (unpaired) electrons. The Labute approximate surface area is 221 Å². The van der Waals surface area contributed by atoms with Crippen LogP contribution < -0.4 is 15.4 Å². The minimum Gasteiger partial charge on any atom is -0.560 e. The van der Waals surface area contributed by atoms with Crippen molar-refractivity contribution in [2.24, 2.45) is 4.99 Å². The summed E-state index contributed by atoms with van der Waals surface area (Å²) in [6.07, 6.45) is 1.67. The molecule has 11 nitrogen and oxygen atoms in total. The van der Waals surface area contributed by atoms with Crippen LogP contribution in [0.3, 0.4) is 0 Å². The van der Waals surface area contributed by atoms with E-state index in [1.807, 2.05) is 0 Å². The predicted molar refractivity (Wildman–Crippen MR) is 140 cm³/mol. The number of aliphatic imine (C=N–C) groups is 1. The summed E-state index contributed by atoms with van der Waals surface area (Å²) in [5.41, 5.74) is -0.877. The Morgan fingerprint density at radius 1 is 1.05 bits per heavy atom. The lowest BCUT2D eigenvalue weighted by molar-refractivity contribution is -0.156. The van der Waals surface area contributed by atoms with Gasteiger partial charge in [-0.1, -0.05) is 18.2 Å². The van der Waals surface area contributed by atoms with E-state index in [9.17, 15) is 22.8 Å². The smallest absolute Gasteiger partial charge is 0.375 e. The van der Waals surface area contributed by atoms with Gasteiger partial charge in [0.25, 0.3) is 11.8 Å². The van der Waals surface area contributed by atoms with Crippen LogP contribution in [0.5, 0.6) is 0 Å². The minimum absolute atomic E-state index is 0.0386. The Balaban J connectivity index is 2.02. The lowest BCUT2D eigenvalue weighted by Gasteiger charge is -2.24. The molecule has 0 aliphatic heterocycles. The third-order valence-electron chi connectivity index (χ3n) is 4.45. The van der Waals surface area contributed by atoms with Gasteiger partial charge in [0.1, 0.15) is 18.0 Å². The van der Waals surface area contributed by atoms with E-state index in [4.69, 9.17) is 12.8 Å². The Morgan fingerprint density at radius 2 is 1.68 bits per heavy atom. The summed E-state index contributed by atoms with van der Waals surface area (Å²) in [4.78, 5) is 42.0. The van der Waals surface area contributed by atoms with Gasteiger partial charge in [-0.05, 0) is 51.5 Å². The van der Waals surface area contributed by atoms with Crippen molar-refractivity contribution >= 4 is 53.6 Å². The zero-order valence-corrected chi connectivity index (χ0v) is 22.4. The van der Waals surface area contributed by atoms with Crippen LogP contribution >= 0.6 is 11.3 Å². The van der Waals surface area contributed by atoms with E-state index in [2.05, 4.69) is 25.0 Å². The number of hydrogen-bond donors (Lipinski definition) is 3. The molecule has 0 saturated carbocycles. The molecule has 3 N–H and O–H groups in total. The summed E-state index contributed by atoms with van der Waals surface area (Å²) in [6.45, 7) is 5.35. The molecule has 2 amide bonds. The third kappa shape index (κ3) is 10.3. The highest BCUT2D eigenvalue weighted by molar-refractivity contribution is 7.89. The number of ether oxygens (including phenoxy) is 1. The highest BCUT2D eigenvalue weighted by atomic mass is 32.2. The van der Waals surface area contributed by atoms with Crippen LogP contribution in [-0.4, -0.2) is 71.9 Å². The largest absolute Gasteiger partial charge is 0.560 e. The molecule has 198 valence electrons. The maximum absolute atomic E-state index is 12.8. The number of esters is 1. The second kappa shape index (κ2) is 13.9. The summed E-state index contributed by atoms with van der Waals surface area (Å²) >= 11 is 0.956. The number of amides is 2. The lowest BCUT2D eigenvalue weighted by atomic mass is 10.2. The van der Waals surface area contributed by atoms with Gasteiger partial charge in [0.2, 0.25) is 10.0 Å². The van der Waals surface area contributed by atoms with E-state index in [1.54, 1.807) is 39.0 Å². The minimum atomic E-state index is -4.07. The molecule has 0 saturated heterocycles. The average molecular weight is 548 g/mol. The third-order valence-corrected chi connectivity index (χ3v) is 7.02. The fourth-order valence-corrected chi connectivity index (χ4v) is 4.86. The molecule has 1 aromatic heterocycles. The fourth-order valence-electron chi connectivity index (χ4n) is 2.82. The Bertz CT molecular complexity index is 1200. The van der Waals surface area contributed by atoms with Gasteiger partial charge in [-0.2, -0.15) is 4.72 Å². The number of nitrogens with zero attached hydrogens (tertiary/aromatic N) is 1. The van der Waals surface area contributed by atoms with Crippen LogP contribution in [0.4, 0.5) is 0 Å². The normalized spacial score (nSPS) is 12.6. The number of hydrogen-bond acceptors (Lipinski definition) is 9. The van der Waals surface area contributed by atoms with Crippen LogP contribution in [0, 0.1) is 0 Å². The van der Waals surface area contributed by atoms with Crippen molar-refractivity contribution in [3.63, 3.8) is 0 Å². The number of thiophene rings is 1.